The minimum Gasteiger partial charge on any atom is -0.388 e. The van der Waals surface area contributed by atoms with Crippen molar-refractivity contribution in [3.05, 3.63) is 29.6 Å². The Bertz CT molecular complexity index is 308. The standard InChI is InChI=1S/C10H11F2NO/c11-10(12)8-4-3-7(5-13-8)9(14)6-1-2-6/h3-6,9-10,14H,1-2H2. The summed E-state index contributed by atoms with van der Waals surface area (Å²) in [7, 11) is 0. The fraction of sp³-hybridized carbons (Fsp3) is 0.500. The molecule has 1 atom stereocenters. The lowest BCUT2D eigenvalue weighted by Crippen LogP contribution is -2.01. The van der Waals surface area contributed by atoms with E-state index in [1.165, 1.54) is 18.3 Å². The first kappa shape index (κ1) is 9.52. The Morgan fingerprint density at radius 3 is 2.50 bits per heavy atom. The lowest BCUT2D eigenvalue weighted by Gasteiger charge is -2.09. The van der Waals surface area contributed by atoms with E-state index in [0.717, 1.165) is 12.8 Å². The van der Waals surface area contributed by atoms with Crippen LogP contribution in [-0.4, -0.2) is 10.1 Å². The van der Waals surface area contributed by atoms with Gasteiger partial charge < -0.3 is 5.11 Å². The number of hydrogen-bond acceptors (Lipinski definition) is 2. The van der Waals surface area contributed by atoms with Gasteiger partial charge in [-0.15, -0.1) is 0 Å². The lowest BCUT2D eigenvalue weighted by atomic mass is 10.1. The molecule has 1 saturated carbocycles. The Kier molecular flexibility index (Phi) is 2.46. The zero-order chi connectivity index (χ0) is 10.1. The molecule has 0 saturated heterocycles. The van der Waals surface area contributed by atoms with Gasteiger partial charge in [0.2, 0.25) is 0 Å². The third-order valence-electron chi connectivity index (χ3n) is 2.44. The summed E-state index contributed by atoms with van der Waals surface area (Å²) in [5.74, 6) is 0.300. The number of hydrogen-bond donors (Lipinski definition) is 1. The van der Waals surface area contributed by atoms with Crippen molar-refractivity contribution >= 4 is 0 Å². The highest BCUT2D eigenvalue weighted by atomic mass is 19.3. The predicted molar refractivity (Wildman–Crippen MR) is 46.9 cm³/mol. The number of rotatable bonds is 3. The molecule has 76 valence electrons. The zero-order valence-electron chi connectivity index (χ0n) is 7.53. The highest BCUT2D eigenvalue weighted by Gasteiger charge is 2.30. The maximum atomic E-state index is 12.1. The smallest absolute Gasteiger partial charge is 0.280 e. The minimum absolute atomic E-state index is 0.239. The van der Waals surface area contributed by atoms with Crippen LogP contribution in [0.4, 0.5) is 8.78 Å². The molecule has 4 heteroatoms. The second-order valence-corrected chi connectivity index (χ2v) is 3.60. The molecule has 1 heterocycles. The van der Waals surface area contributed by atoms with E-state index >= 15 is 0 Å². The summed E-state index contributed by atoms with van der Waals surface area (Å²) >= 11 is 0. The van der Waals surface area contributed by atoms with Gasteiger partial charge in [0.05, 0.1) is 6.10 Å². The summed E-state index contributed by atoms with van der Waals surface area (Å²) in [5, 5.41) is 9.66. The quantitative estimate of drug-likeness (QED) is 0.811. The Hall–Kier alpha value is -1.03. The van der Waals surface area contributed by atoms with Crippen LogP contribution >= 0.6 is 0 Å². The summed E-state index contributed by atoms with van der Waals surface area (Å²) in [4.78, 5) is 3.60. The molecule has 2 rings (SSSR count). The number of aromatic nitrogens is 1. The van der Waals surface area contributed by atoms with Gasteiger partial charge in [-0.2, -0.15) is 0 Å². The number of halogens is 2. The molecule has 1 fully saturated rings. The van der Waals surface area contributed by atoms with Gasteiger partial charge in [-0.05, 0) is 30.4 Å². The minimum atomic E-state index is -2.54. The molecule has 0 aromatic carbocycles. The monoisotopic (exact) mass is 199 g/mol. The number of pyridine rings is 1. The Balaban J connectivity index is 2.12. The van der Waals surface area contributed by atoms with Gasteiger partial charge in [-0.1, -0.05) is 6.07 Å². The van der Waals surface area contributed by atoms with Crippen molar-refractivity contribution < 1.29 is 13.9 Å². The number of nitrogens with zero attached hydrogens (tertiary/aromatic N) is 1. The third-order valence-corrected chi connectivity index (χ3v) is 2.44. The van der Waals surface area contributed by atoms with Gasteiger partial charge in [0.1, 0.15) is 5.69 Å². The fourth-order valence-corrected chi connectivity index (χ4v) is 1.40. The SMILES string of the molecule is OC(c1ccc(C(F)F)nc1)C1CC1. The van der Waals surface area contributed by atoms with Crippen molar-refractivity contribution in [2.45, 2.75) is 25.4 Å². The topological polar surface area (TPSA) is 33.1 Å². The van der Waals surface area contributed by atoms with Crippen molar-refractivity contribution in [1.82, 2.24) is 4.98 Å². The first-order valence-corrected chi connectivity index (χ1v) is 4.60. The van der Waals surface area contributed by atoms with Crippen LogP contribution in [0.5, 0.6) is 0 Å². The summed E-state index contributed by atoms with van der Waals surface area (Å²) in [5.41, 5.74) is 0.397. The van der Waals surface area contributed by atoms with Crippen LogP contribution in [0.2, 0.25) is 0 Å². The molecule has 1 aromatic heterocycles. The van der Waals surface area contributed by atoms with Crippen molar-refractivity contribution in [2.24, 2.45) is 5.92 Å². The van der Waals surface area contributed by atoms with Gasteiger partial charge in [-0.3, -0.25) is 4.98 Å². The molecule has 0 bridgehead atoms. The fourth-order valence-electron chi connectivity index (χ4n) is 1.40. The van der Waals surface area contributed by atoms with Crippen LogP contribution in [0.15, 0.2) is 18.3 Å². The highest BCUT2D eigenvalue weighted by Crippen LogP contribution is 2.40. The molecule has 1 aliphatic carbocycles. The van der Waals surface area contributed by atoms with E-state index in [4.69, 9.17) is 0 Å². The molecule has 0 spiro atoms. The summed E-state index contributed by atoms with van der Waals surface area (Å²) in [6.07, 6.45) is 0.288. The van der Waals surface area contributed by atoms with Gasteiger partial charge in [-0.25, -0.2) is 8.78 Å². The van der Waals surface area contributed by atoms with E-state index in [-0.39, 0.29) is 5.69 Å². The molecule has 0 amide bonds. The number of alkyl halides is 2. The van der Waals surface area contributed by atoms with Gasteiger partial charge in [0.25, 0.3) is 6.43 Å². The van der Waals surface area contributed by atoms with Crippen LogP contribution in [-0.2, 0) is 0 Å². The second kappa shape index (κ2) is 3.61. The van der Waals surface area contributed by atoms with Crippen LogP contribution < -0.4 is 0 Å². The molecule has 0 radical (unpaired) electrons. The lowest BCUT2D eigenvalue weighted by molar-refractivity contribution is 0.143. The average molecular weight is 199 g/mol. The molecule has 1 aliphatic rings. The third kappa shape index (κ3) is 1.90. The van der Waals surface area contributed by atoms with Crippen LogP contribution in [0.3, 0.4) is 0 Å². The van der Waals surface area contributed by atoms with Crippen molar-refractivity contribution in [3.8, 4) is 0 Å². The first-order chi connectivity index (χ1) is 6.68. The largest absolute Gasteiger partial charge is 0.388 e. The van der Waals surface area contributed by atoms with Crippen LogP contribution in [0.1, 0.15) is 36.6 Å². The molecule has 2 nitrogen and oxygen atoms in total. The van der Waals surface area contributed by atoms with Crippen LogP contribution in [0.25, 0.3) is 0 Å². The van der Waals surface area contributed by atoms with Crippen molar-refractivity contribution in [2.75, 3.05) is 0 Å². The normalized spacial score (nSPS) is 18.6. The van der Waals surface area contributed by atoms with Crippen molar-refractivity contribution in [1.29, 1.82) is 0 Å². The molecule has 14 heavy (non-hydrogen) atoms. The molecule has 0 aliphatic heterocycles. The van der Waals surface area contributed by atoms with E-state index in [1.54, 1.807) is 0 Å². The molecular weight excluding hydrogens is 188 g/mol. The Labute approximate surface area is 80.6 Å². The number of aliphatic hydroxyl groups is 1. The Morgan fingerprint density at radius 2 is 2.07 bits per heavy atom. The van der Waals surface area contributed by atoms with Gasteiger partial charge >= 0.3 is 0 Å². The van der Waals surface area contributed by atoms with E-state index < -0.39 is 12.5 Å². The van der Waals surface area contributed by atoms with E-state index in [0.29, 0.717) is 11.5 Å². The molecular formula is C10H11F2NO. The van der Waals surface area contributed by atoms with E-state index in [2.05, 4.69) is 4.98 Å². The highest BCUT2D eigenvalue weighted by molar-refractivity contribution is 5.18. The summed E-state index contributed by atoms with van der Waals surface area (Å²) in [6, 6.07) is 2.79. The maximum Gasteiger partial charge on any atom is 0.280 e. The van der Waals surface area contributed by atoms with Gasteiger partial charge in [0, 0.05) is 6.20 Å². The van der Waals surface area contributed by atoms with E-state index in [1.807, 2.05) is 0 Å². The van der Waals surface area contributed by atoms with Gasteiger partial charge in [0.15, 0.2) is 0 Å². The van der Waals surface area contributed by atoms with Crippen LogP contribution in [0, 0.1) is 5.92 Å². The maximum absolute atomic E-state index is 12.1. The first-order valence-electron chi connectivity index (χ1n) is 4.60. The van der Waals surface area contributed by atoms with Crippen molar-refractivity contribution in [3.63, 3.8) is 0 Å². The molecule has 1 unspecified atom stereocenters. The predicted octanol–water partition coefficient (Wildman–Crippen LogP) is 2.46. The van der Waals surface area contributed by atoms with E-state index in [9.17, 15) is 13.9 Å². The summed E-state index contributed by atoms with van der Waals surface area (Å²) in [6.45, 7) is 0. The second-order valence-electron chi connectivity index (χ2n) is 3.60. The molecule has 1 aromatic rings. The Morgan fingerprint density at radius 1 is 1.36 bits per heavy atom. The average Bonchev–Trinajstić information content (AvgIpc) is 3.00. The summed E-state index contributed by atoms with van der Waals surface area (Å²) < 4.78 is 24.3. The number of aliphatic hydroxyl groups excluding tert-OH is 1. The zero-order valence-corrected chi connectivity index (χ0v) is 7.53. The molecule has 1 N–H and O–H groups in total.